The van der Waals surface area contributed by atoms with Crippen LogP contribution in [0.15, 0.2) is 128 Å². The van der Waals surface area contributed by atoms with E-state index in [4.69, 9.17) is 37.9 Å². The fourth-order valence-corrected chi connectivity index (χ4v) is 14.6. The maximum Gasteiger partial charge on any atom is 0.407 e. The van der Waals surface area contributed by atoms with Gasteiger partial charge in [0.25, 0.3) is 23.6 Å². The maximum atomic E-state index is 15.0. The van der Waals surface area contributed by atoms with Crippen molar-refractivity contribution in [3.05, 3.63) is 167 Å². The molecule has 538 valence electrons. The van der Waals surface area contributed by atoms with Crippen molar-refractivity contribution in [1.29, 1.82) is 0 Å². The van der Waals surface area contributed by atoms with Crippen LogP contribution in [0.25, 0.3) is 22.3 Å². The molecule has 102 heavy (non-hydrogen) atoms. The minimum atomic E-state index is -1.56. The molecule has 1 aliphatic carbocycles. The highest BCUT2D eigenvalue weighted by Gasteiger charge is 2.46. The molecule has 0 radical (unpaired) electrons. The molecule has 7 amide bonds. The number of carbonyl (C=O) groups excluding carboxylic acids is 7. The zero-order chi connectivity index (χ0) is 72.9. The van der Waals surface area contributed by atoms with Crippen LogP contribution in [0.1, 0.15) is 88.9 Å². The summed E-state index contributed by atoms with van der Waals surface area (Å²) < 4.78 is 62.7. The van der Waals surface area contributed by atoms with Crippen LogP contribution in [0.2, 0.25) is 51.4 Å². The first kappa shape index (κ1) is 73.4. The molecule has 4 atom stereocenters. The summed E-state index contributed by atoms with van der Waals surface area (Å²) in [5.41, 5.74) is 8.17. The molecule has 5 aliphatic rings. The highest BCUT2D eigenvalue weighted by molar-refractivity contribution is 6.76. The molecule has 0 unspecified atom stereocenters. The van der Waals surface area contributed by atoms with Crippen molar-refractivity contribution in [1.82, 2.24) is 20.4 Å². The van der Waals surface area contributed by atoms with Gasteiger partial charge in [-0.05, 0) is 106 Å². The summed E-state index contributed by atoms with van der Waals surface area (Å²) in [5.74, 6) is -2.74. The Balaban J connectivity index is 0.743. The lowest BCUT2D eigenvalue weighted by molar-refractivity contribution is -0.128. The first-order chi connectivity index (χ1) is 48.7. The summed E-state index contributed by atoms with van der Waals surface area (Å²) in [7, 11) is 1.21. The number of hydrogen-bond acceptors (Lipinski definition) is 15. The van der Waals surface area contributed by atoms with Crippen LogP contribution in [-0.2, 0) is 33.4 Å². The van der Waals surface area contributed by atoms with E-state index in [9.17, 15) is 33.2 Å². The van der Waals surface area contributed by atoms with Gasteiger partial charge in [0, 0.05) is 84.8 Å². The highest BCUT2D eigenvalue weighted by Crippen LogP contribution is 2.47. The van der Waals surface area contributed by atoms with Crippen molar-refractivity contribution < 1.29 is 75.8 Å². The van der Waals surface area contributed by atoms with E-state index in [1.807, 2.05) is 36.4 Å². The number of alkyl carbamates (subject to hydrolysis) is 1. The molecule has 0 saturated carbocycles. The predicted molar refractivity (Wildman–Crippen MR) is 392 cm³/mol. The Bertz CT molecular complexity index is 4220. The standard InChI is InChI=1S/C77H90FN7O15Si2/c1-46(2)70(81-77(92)100-43-59-55-20-15-13-18-53(55)54-19-14-16-21-56(54)59)72(87)79-47(3)71(86)80-52-25-22-48(23-26-52)50-35-63-75(90)84(44-96-30-32-101(7,8)9)61-39-68(66(94-5)37-57(61)73(88)82(63)41-50)98-28-17-29-99-69-40-62-58(38-67(69)95-6)74(89)83-42-51(49-24-27-65(93-4)60(78)34-49)36-64(83)76(91)85(62)45-97-31-33-102(10,11)12/h13-16,18-27,34,37-42,46-47,59,63-64,70H,17,28-33,35-36,43-45H2,1-12H3,(H,79,87)(H,80,86)(H,81,92)/t47-,63-,64-,70-/m0/s1. The number of nitrogens with zero attached hydrogens (tertiary/aromatic N) is 4. The van der Waals surface area contributed by atoms with Crippen LogP contribution < -0.4 is 49.4 Å². The number of amides is 7. The Morgan fingerprint density at radius 2 is 1.03 bits per heavy atom. The zero-order valence-corrected chi connectivity index (χ0v) is 61.9. The molecule has 0 bridgehead atoms. The molecule has 4 heterocycles. The number of halogens is 1. The molecule has 25 heteroatoms. The number of hydrogen-bond donors (Lipinski definition) is 3. The molecular weight excluding hydrogens is 1340 g/mol. The molecule has 0 fully saturated rings. The fourth-order valence-electron chi connectivity index (χ4n) is 13.1. The van der Waals surface area contributed by atoms with E-state index in [0.29, 0.717) is 47.6 Å². The van der Waals surface area contributed by atoms with Crippen molar-refractivity contribution in [3.8, 4) is 39.9 Å². The molecule has 22 nitrogen and oxygen atoms in total. The van der Waals surface area contributed by atoms with E-state index < -0.39 is 75.9 Å². The van der Waals surface area contributed by atoms with Gasteiger partial charge in [-0.2, -0.15) is 0 Å². The van der Waals surface area contributed by atoms with E-state index in [-0.39, 0.29) is 121 Å². The third-order valence-electron chi connectivity index (χ3n) is 18.9. The van der Waals surface area contributed by atoms with Gasteiger partial charge >= 0.3 is 6.09 Å². The average molecular weight is 1430 g/mol. The monoisotopic (exact) mass is 1430 g/mol. The van der Waals surface area contributed by atoms with Crippen molar-refractivity contribution >= 4 is 85.9 Å². The summed E-state index contributed by atoms with van der Waals surface area (Å²) >= 11 is 0. The molecule has 6 aromatic carbocycles. The van der Waals surface area contributed by atoms with Gasteiger partial charge in [0.15, 0.2) is 34.6 Å². The van der Waals surface area contributed by atoms with Crippen LogP contribution in [0, 0.1) is 11.7 Å². The van der Waals surface area contributed by atoms with Crippen molar-refractivity contribution in [2.24, 2.45) is 5.92 Å². The number of carbonyl (C=O) groups is 7. The van der Waals surface area contributed by atoms with Gasteiger partial charge < -0.3 is 63.6 Å². The summed E-state index contributed by atoms with van der Waals surface area (Å²) in [5, 5.41) is 8.31. The third-order valence-corrected chi connectivity index (χ3v) is 22.3. The van der Waals surface area contributed by atoms with Gasteiger partial charge in [-0.1, -0.05) is 120 Å². The second-order valence-electron chi connectivity index (χ2n) is 28.8. The Morgan fingerprint density at radius 1 is 0.549 bits per heavy atom. The first-order valence-electron chi connectivity index (χ1n) is 34.5. The fraction of sp³-hybridized carbons (Fsp3) is 0.390. The molecule has 0 saturated heterocycles. The summed E-state index contributed by atoms with van der Waals surface area (Å²) in [6.07, 6.45) is 3.12. The minimum Gasteiger partial charge on any atom is -0.494 e. The van der Waals surface area contributed by atoms with Crippen molar-refractivity contribution in [2.45, 2.75) is 121 Å². The van der Waals surface area contributed by atoms with E-state index in [1.165, 1.54) is 53.1 Å². The first-order valence-corrected chi connectivity index (χ1v) is 41.9. The minimum absolute atomic E-state index is 0.0727. The number of anilines is 3. The SMILES string of the molecule is COc1ccc(C2=CN3C(=O)c4cc(OC)c(OCCCOc5cc6c(cc5OC)C(=O)N5C=C(c7ccc(NC(=O)[C@H](C)NC(=O)[C@@H](NC(=O)OCC8c9ccccc9-c9ccccc98)C(C)C)cc7)C[C@H]5C(=O)N6COCC[Si](C)(C)C)cc4N(COCC[Si](C)(C)C)C(=O)[C@@H]3C2)cc1F. The van der Waals surface area contributed by atoms with E-state index in [2.05, 4.69) is 67.4 Å². The van der Waals surface area contributed by atoms with Gasteiger partial charge in [-0.15, -0.1) is 0 Å². The Labute approximate surface area is 596 Å². The summed E-state index contributed by atoms with van der Waals surface area (Å²) in [6.45, 7) is 19.3. The second-order valence-corrected chi connectivity index (χ2v) is 40.1. The van der Waals surface area contributed by atoms with Crippen LogP contribution >= 0.6 is 0 Å². The van der Waals surface area contributed by atoms with Gasteiger partial charge in [-0.3, -0.25) is 38.6 Å². The highest BCUT2D eigenvalue weighted by atomic mass is 28.3. The maximum absolute atomic E-state index is 15.0. The van der Waals surface area contributed by atoms with Gasteiger partial charge in [0.2, 0.25) is 11.8 Å². The Hall–Kier alpha value is -9.83. The number of nitrogens with one attached hydrogen (secondary N) is 3. The zero-order valence-electron chi connectivity index (χ0n) is 59.9. The van der Waals surface area contributed by atoms with E-state index in [1.54, 1.807) is 87.8 Å². The van der Waals surface area contributed by atoms with Gasteiger partial charge in [0.1, 0.15) is 44.2 Å². The van der Waals surface area contributed by atoms with Crippen molar-refractivity contribution in [3.63, 3.8) is 0 Å². The topological polar surface area (TPSA) is 242 Å². The number of methoxy groups -OCH3 is 3. The largest absolute Gasteiger partial charge is 0.494 e. The molecule has 0 spiro atoms. The number of rotatable bonds is 29. The average Bonchev–Trinajstić information content (AvgIpc) is 1.67. The Kier molecular flexibility index (Phi) is 22.4. The van der Waals surface area contributed by atoms with E-state index in [0.717, 1.165) is 34.3 Å². The van der Waals surface area contributed by atoms with E-state index >= 15 is 4.79 Å². The molecule has 4 aliphatic heterocycles. The summed E-state index contributed by atoms with van der Waals surface area (Å²) in [6, 6.07) is 31.6. The summed E-state index contributed by atoms with van der Waals surface area (Å²) in [4.78, 5) is 106. The van der Waals surface area contributed by atoms with Crippen LogP contribution in [-0.4, -0.2) is 159 Å². The van der Waals surface area contributed by atoms with Crippen molar-refractivity contribution in [2.75, 3.05) is 82.9 Å². The lowest BCUT2D eigenvalue weighted by Crippen LogP contribution is -2.53. The molecular formula is C77H90FN7O15Si2. The number of ether oxygens (including phenoxy) is 8. The number of benzene rings is 6. The van der Waals surface area contributed by atoms with Gasteiger partial charge in [0.05, 0.1) is 57.0 Å². The van der Waals surface area contributed by atoms with Crippen LogP contribution in [0.5, 0.6) is 28.7 Å². The lowest BCUT2D eigenvalue weighted by Gasteiger charge is -2.27. The Morgan fingerprint density at radius 3 is 1.50 bits per heavy atom. The van der Waals surface area contributed by atoms with Crippen LogP contribution in [0.4, 0.5) is 26.2 Å². The third kappa shape index (κ3) is 16.2. The number of fused-ring (bicyclic) bond motifs is 7. The smallest absolute Gasteiger partial charge is 0.407 e. The molecule has 0 aromatic heterocycles. The normalized spacial score (nSPS) is 16.9. The molecule has 3 N–H and O–H groups in total. The molecule has 11 rings (SSSR count). The predicted octanol–water partition coefficient (Wildman–Crippen LogP) is 12.5. The van der Waals surface area contributed by atoms with Gasteiger partial charge in [-0.25, -0.2) is 9.18 Å². The quantitative estimate of drug-likeness (QED) is 0.0292. The lowest BCUT2D eigenvalue weighted by atomic mass is 9.98. The second kappa shape index (κ2) is 31.2. The van der Waals surface area contributed by atoms with Crippen LogP contribution in [0.3, 0.4) is 0 Å². The molecule has 6 aromatic rings.